The van der Waals surface area contributed by atoms with Crippen molar-refractivity contribution in [1.29, 1.82) is 0 Å². The van der Waals surface area contributed by atoms with Gasteiger partial charge >= 0.3 is 6.03 Å². The predicted octanol–water partition coefficient (Wildman–Crippen LogP) is 3.07. The molecule has 0 saturated carbocycles. The van der Waals surface area contributed by atoms with Gasteiger partial charge < -0.3 is 14.8 Å². The zero-order valence-corrected chi connectivity index (χ0v) is 14.3. The highest BCUT2D eigenvalue weighted by Crippen LogP contribution is 2.29. The Morgan fingerprint density at radius 2 is 1.96 bits per heavy atom. The van der Waals surface area contributed by atoms with Gasteiger partial charge in [0.05, 0.1) is 31.3 Å². The Bertz CT molecular complexity index is 891. The van der Waals surface area contributed by atoms with Gasteiger partial charge in [0.25, 0.3) is 0 Å². The normalized spacial score (nSPS) is 11.8. The van der Waals surface area contributed by atoms with E-state index in [0.717, 1.165) is 16.6 Å². The van der Waals surface area contributed by atoms with Crippen LogP contribution in [0.4, 0.5) is 4.79 Å². The fraction of sp³-hybridized carbons (Fsp3) is 0.222. The summed E-state index contributed by atoms with van der Waals surface area (Å²) in [5.74, 6) is 1.38. The van der Waals surface area contributed by atoms with Gasteiger partial charge in [-0.05, 0) is 37.3 Å². The first-order chi connectivity index (χ1) is 12.1. The number of hydrogen-bond donors (Lipinski definition) is 2. The molecule has 3 aromatic rings. The monoisotopic (exact) mass is 340 g/mol. The first-order valence-corrected chi connectivity index (χ1v) is 7.84. The van der Waals surface area contributed by atoms with Crippen molar-refractivity contribution in [2.45, 2.75) is 13.0 Å². The molecule has 0 bridgehead atoms. The Hall–Kier alpha value is -3.22. The minimum atomic E-state index is -0.347. The van der Waals surface area contributed by atoms with E-state index in [1.807, 2.05) is 49.4 Å². The van der Waals surface area contributed by atoms with Crippen LogP contribution in [-0.2, 0) is 0 Å². The van der Waals surface area contributed by atoms with Crippen LogP contribution < -0.4 is 20.2 Å². The van der Waals surface area contributed by atoms with Crippen molar-refractivity contribution in [3.05, 3.63) is 54.4 Å². The summed E-state index contributed by atoms with van der Waals surface area (Å²) in [6.07, 6.45) is 1.57. The van der Waals surface area contributed by atoms with E-state index in [4.69, 9.17) is 9.47 Å². The summed E-state index contributed by atoms with van der Waals surface area (Å²) >= 11 is 0. The standard InChI is InChI=1S/C18H20N4O3/c1-12(14-10-13(24-2)8-9-17(14)25-3)20-18(23)21-22-11-19-15-6-4-5-7-16(15)22/h4-12H,1-3H3,(H2,20,21,23)/t12-/m0/s1. The van der Waals surface area contributed by atoms with Gasteiger partial charge in [-0.15, -0.1) is 0 Å². The molecule has 0 unspecified atom stereocenters. The quantitative estimate of drug-likeness (QED) is 0.748. The second kappa shape index (κ2) is 7.12. The topological polar surface area (TPSA) is 77.4 Å². The van der Waals surface area contributed by atoms with Crippen molar-refractivity contribution in [1.82, 2.24) is 15.0 Å². The highest BCUT2D eigenvalue weighted by molar-refractivity contribution is 5.85. The van der Waals surface area contributed by atoms with E-state index in [1.54, 1.807) is 25.2 Å². The van der Waals surface area contributed by atoms with E-state index in [9.17, 15) is 4.79 Å². The van der Waals surface area contributed by atoms with Crippen LogP contribution in [0.5, 0.6) is 11.5 Å². The maximum atomic E-state index is 12.3. The molecule has 3 rings (SSSR count). The zero-order valence-electron chi connectivity index (χ0n) is 14.3. The molecule has 0 aliphatic heterocycles. The molecule has 1 aromatic heterocycles. The van der Waals surface area contributed by atoms with Crippen LogP contribution in [-0.4, -0.2) is 29.9 Å². The lowest BCUT2D eigenvalue weighted by molar-refractivity contribution is 0.246. The van der Waals surface area contributed by atoms with Gasteiger partial charge in [-0.2, -0.15) is 0 Å². The molecule has 2 amide bonds. The maximum Gasteiger partial charge on any atom is 0.334 e. The minimum absolute atomic E-state index is 0.278. The van der Waals surface area contributed by atoms with Crippen LogP contribution in [0.2, 0.25) is 0 Å². The van der Waals surface area contributed by atoms with Crippen molar-refractivity contribution in [3.8, 4) is 11.5 Å². The summed E-state index contributed by atoms with van der Waals surface area (Å²) in [7, 11) is 3.19. The van der Waals surface area contributed by atoms with E-state index in [0.29, 0.717) is 11.5 Å². The van der Waals surface area contributed by atoms with Gasteiger partial charge in [-0.25, -0.2) is 19.9 Å². The third-order valence-corrected chi connectivity index (χ3v) is 3.93. The highest BCUT2D eigenvalue weighted by atomic mass is 16.5. The fourth-order valence-electron chi connectivity index (χ4n) is 2.64. The van der Waals surface area contributed by atoms with E-state index in [2.05, 4.69) is 15.7 Å². The van der Waals surface area contributed by atoms with Gasteiger partial charge in [-0.3, -0.25) is 0 Å². The van der Waals surface area contributed by atoms with Crippen LogP contribution in [0, 0.1) is 0 Å². The van der Waals surface area contributed by atoms with Gasteiger partial charge in [0, 0.05) is 5.56 Å². The van der Waals surface area contributed by atoms with E-state index in [-0.39, 0.29) is 12.1 Å². The molecule has 7 nitrogen and oxygen atoms in total. The van der Waals surface area contributed by atoms with E-state index >= 15 is 0 Å². The summed E-state index contributed by atoms with van der Waals surface area (Å²) < 4.78 is 12.2. The number of urea groups is 1. The van der Waals surface area contributed by atoms with Gasteiger partial charge in [-0.1, -0.05) is 12.1 Å². The Kier molecular flexibility index (Phi) is 4.74. The number of nitrogens with zero attached hydrogens (tertiary/aromatic N) is 2. The number of imidazole rings is 1. The Labute approximate surface area is 145 Å². The lowest BCUT2D eigenvalue weighted by Gasteiger charge is -2.19. The van der Waals surface area contributed by atoms with E-state index < -0.39 is 0 Å². The highest BCUT2D eigenvalue weighted by Gasteiger charge is 2.16. The zero-order chi connectivity index (χ0) is 17.8. The average molecular weight is 340 g/mol. The Balaban J connectivity index is 1.74. The summed E-state index contributed by atoms with van der Waals surface area (Å²) in [6, 6.07) is 12.4. The summed E-state index contributed by atoms with van der Waals surface area (Å²) in [5.41, 5.74) is 5.22. The summed E-state index contributed by atoms with van der Waals surface area (Å²) in [6.45, 7) is 1.88. The number of carbonyl (C=O) groups excluding carboxylic acids is 1. The molecule has 0 spiro atoms. The second-order valence-electron chi connectivity index (χ2n) is 5.52. The molecule has 1 atom stereocenters. The first kappa shape index (κ1) is 16.6. The third kappa shape index (κ3) is 3.50. The number of carbonyl (C=O) groups is 1. The molecule has 25 heavy (non-hydrogen) atoms. The predicted molar refractivity (Wildman–Crippen MR) is 95.6 cm³/mol. The van der Waals surface area contributed by atoms with Crippen molar-refractivity contribution in [3.63, 3.8) is 0 Å². The molecule has 1 heterocycles. The molecule has 0 fully saturated rings. The number of benzene rings is 2. The second-order valence-corrected chi connectivity index (χ2v) is 5.52. The fourth-order valence-corrected chi connectivity index (χ4v) is 2.64. The van der Waals surface area contributed by atoms with Gasteiger partial charge in [0.2, 0.25) is 0 Å². The molecule has 2 N–H and O–H groups in total. The molecular weight excluding hydrogens is 320 g/mol. The van der Waals surface area contributed by atoms with Crippen LogP contribution in [0.3, 0.4) is 0 Å². The van der Waals surface area contributed by atoms with Crippen LogP contribution in [0.1, 0.15) is 18.5 Å². The molecule has 2 aromatic carbocycles. The van der Waals surface area contributed by atoms with Gasteiger partial charge in [0.15, 0.2) is 0 Å². The Morgan fingerprint density at radius 3 is 2.72 bits per heavy atom. The Morgan fingerprint density at radius 1 is 1.16 bits per heavy atom. The smallest absolute Gasteiger partial charge is 0.334 e. The van der Waals surface area contributed by atoms with Gasteiger partial charge in [0.1, 0.15) is 17.8 Å². The number of rotatable bonds is 5. The number of hydrogen-bond acceptors (Lipinski definition) is 4. The number of ether oxygens (including phenoxy) is 2. The number of aromatic nitrogens is 2. The minimum Gasteiger partial charge on any atom is -0.497 e. The van der Waals surface area contributed by atoms with Crippen molar-refractivity contribution in [2.75, 3.05) is 19.6 Å². The molecule has 0 aliphatic carbocycles. The largest absolute Gasteiger partial charge is 0.497 e. The van der Waals surface area contributed by atoms with Crippen molar-refractivity contribution in [2.24, 2.45) is 0 Å². The van der Waals surface area contributed by atoms with Crippen LogP contribution in [0.15, 0.2) is 48.8 Å². The molecule has 0 saturated heterocycles. The number of methoxy groups -OCH3 is 2. The number of nitrogens with one attached hydrogen (secondary N) is 2. The van der Waals surface area contributed by atoms with Crippen LogP contribution >= 0.6 is 0 Å². The van der Waals surface area contributed by atoms with E-state index in [1.165, 1.54) is 0 Å². The lowest BCUT2D eigenvalue weighted by atomic mass is 10.1. The molecule has 0 aliphatic rings. The lowest BCUT2D eigenvalue weighted by Crippen LogP contribution is -2.35. The third-order valence-electron chi connectivity index (χ3n) is 3.93. The molecular formula is C18H20N4O3. The number of para-hydroxylation sites is 2. The number of fused-ring (bicyclic) bond motifs is 1. The molecule has 130 valence electrons. The molecule has 0 radical (unpaired) electrons. The summed E-state index contributed by atoms with van der Waals surface area (Å²) in [4.78, 5) is 16.6. The number of amides is 2. The SMILES string of the molecule is COc1ccc(OC)c([C@H](C)NC(=O)Nn2cnc3ccccc32)c1. The first-order valence-electron chi connectivity index (χ1n) is 7.84. The molecule has 7 heteroatoms. The van der Waals surface area contributed by atoms with Crippen LogP contribution in [0.25, 0.3) is 11.0 Å². The van der Waals surface area contributed by atoms with Crippen molar-refractivity contribution >= 4 is 17.1 Å². The maximum absolute atomic E-state index is 12.3. The van der Waals surface area contributed by atoms with Crippen molar-refractivity contribution < 1.29 is 14.3 Å². The average Bonchev–Trinajstić information content (AvgIpc) is 3.04. The summed E-state index contributed by atoms with van der Waals surface area (Å²) in [5, 5.41) is 2.89.